The molecule has 0 aliphatic carbocycles. The molecule has 6 heteroatoms. The number of hydrogen-bond donors (Lipinski definition) is 2. The number of aliphatic carboxylic acids is 1. The summed E-state index contributed by atoms with van der Waals surface area (Å²) in [6.07, 6.45) is 0.671. The number of aliphatic hydroxyl groups excluding tert-OH is 1. The van der Waals surface area contributed by atoms with E-state index in [2.05, 4.69) is 0 Å². The number of hydrogen-bond acceptors (Lipinski definition) is 4. The van der Waals surface area contributed by atoms with Crippen molar-refractivity contribution in [3.8, 4) is 0 Å². The number of aliphatic hydroxyl groups is 1. The third kappa shape index (κ3) is 3.53. The monoisotopic (exact) mass is 253 g/mol. The van der Waals surface area contributed by atoms with Gasteiger partial charge in [-0.15, -0.1) is 0 Å². The van der Waals surface area contributed by atoms with Gasteiger partial charge in [-0.1, -0.05) is 19.1 Å². The number of nitro groups is 1. The number of nitrogens with zero attached hydrogens (tertiary/aromatic N) is 1. The summed E-state index contributed by atoms with van der Waals surface area (Å²) < 4.78 is 0. The van der Waals surface area contributed by atoms with Crippen LogP contribution in [-0.4, -0.2) is 21.1 Å². The molecule has 0 spiro atoms. The second kappa shape index (κ2) is 6.11. The fraction of sp³-hybridized carbons (Fsp3) is 0.417. The molecule has 2 N–H and O–H groups in total. The largest absolute Gasteiger partial charge is 0.481 e. The highest BCUT2D eigenvalue weighted by atomic mass is 16.6. The SMILES string of the molecule is CC(CCc1ccc(CO)cc1[N+](=O)[O-])C(=O)O. The molecular weight excluding hydrogens is 238 g/mol. The molecule has 0 aliphatic rings. The van der Waals surface area contributed by atoms with Gasteiger partial charge in [0.2, 0.25) is 0 Å². The van der Waals surface area contributed by atoms with E-state index in [1.807, 2.05) is 0 Å². The number of carbonyl (C=O) groups is 1. The summed E-state index contributed by atoms with van der Waals surface area (Å²) in [6.45, 7) is 1.31. The lowest BCUT2D eigenvalue weighted by molar-refractivity contribution is -0.385. The lowest BCUT2D eigenvalue weighted by Crippen LogP contribution is -2.10. The number of benzene rings is 1. The van der Waals surface area contributed by atoms with Gasteiger partial charge in [0, 0.05) is 11.6 Å². The number of carboxylic acid groups (broad SMARTS) is 1. The van der Waals surface area contributed by atoms with Gasteiger partial charge in [0.1, 0.15) is 0 Å². The Morgan fingerprint density at radius 2 is 2.17 bits per heavy atom. The van der Waals surface area contributed by atoms with Crippen molar-refractivity contribution in [1.82, 2.24) is 0 Å². The Hall–Kier alpha value is -1.95. The van der Waals surface area contributed by atoms with Crippen molar-refractivity contribution in [2.75, 3.05) is 0 Å². The smallest absolute Gasteiger partial charge is 0.306 e. The Balaban J connectivity index is 2.88. The molecule has 1 aromatic carbocycles. The zero-order valence-electron chi connectivity index (χ0n) is 10.00. The quantitative estimate of drug-likeness (QED) is 0.594. The van der Waals surface area contributed by atoms with E-state index in [4.69, 9.17) is 10.2 Å². The van der Waals surface area contributed by atoms with Crippen LogP contribution in [0.1, 0.15) is 24.5 Å². The normalized spacial score (nSPS) is 12.1. The summed E-state index contributed by atoms with van der Waals surface area (Å²) >= 11 is 0. The highest BCUT2D eigenvalue weighted by Gasteiger charge is 2.17. The van der Waals surface area contributed by atoms with Crippen LogP contribution in [0.3, 0.4) is 0 Å². The molecule has 1 unspecified atom stereocenters. The number of aryl methyl sites for hydroxylation is 1. The molecule has 0 aromatic heterocycles. The van der Waals surface area contributed by atoms with Gasteiger partial charge in [-0.3, -0.25) is 14.9 Å². The molecule has 0 bridgehead atoms. The third-order valence-electron chi connectivity index (χ3n) is 2.80. The van der Waals surface area contributed by atoms with E-state index >= 15 is 0 Å². The Kier molecular flexibility index (Phi) is 4.79. The molecule has 0 heterocycles. The van der Waals surface area contributed by atoms with E-state index in [0.717, 1.165) is 0 Å². The van der Waals surface area contributed by atoms with E-state index in [1.54, 1.807) is 19.1 Å². The van der Waals surface area contributed by atoms with Crippen molar-refractivity contribution in [2.24, 2.45) is 5.92 Å². The lowest BCUT2D eigenvalue weighted by atomic mass is 9.99. The minimum absolute atomic E-state index is 0.0702. The van der Waals surface area contributed by atoms with Crippen molar-refractivity contribution in [3.63, 3.8) is 0 Å². The van der Waals surface area contributed by atoms with Gasteiger partial charge in [0.25, 0.3) is 5.69 Å². The second-order valence-electron chi connectivity index (χ2n) is 4.16. The minimum atomic E-state index is -0.912. The van der Waals surface area contributed by atoms with Gasteiger partial charge >= 0.3 is 5.97 Å². The predicted molar refractivity (Wildman–Crippen MR) is 64.1 cm³/mol. The maximum Gasteiger partial charge on any atom is 0.306 e. The van der Waals surface area contributed by atoms with Crippen LogP contribution in [-0.2, 0) is 17.8 Å². The average Bonchev–Trinajstić information content (AvgIpc) is 2.35. The van der Waals surface area contributed by atoms with Gasteiger partial charge in [-0.05, 0) is 18.4 Å². The van der Waals surface area contributed by atoms with Crippen molar-refractivity contribution in [3.05, 3.63) is 39.4 Å². The van der Waals surface area contributed by atoms with Crippen molar-refractivity contribution in [2.45, 2.75) is 26.4 Å². The minimum Gasteiger partial charge on any atom is -0.481 e. The van der Waals surface area contributed by atoms with E-state index in [1.165, 1.54) is 6.07 Å². The van der Waals surface area contributed by atoms with Crippen LogP contribution in [0, 0.1) is 16.0 Å². The van der Waals surface area contributed by atoms with Crippen molar-refractivity contribution >= 4 is 11.7 Å². The second-order valence-corrected chi connectivity index (χ2v) is 4.16. The first-order chi connectivity index (χ1) is 8.45. The van der Waals surface area contributed by atoms with Gasteiger partial charge in [-0.25, -0.2) is 0 Å². The van der Waals surface area contributed by atoms with E-state index in [0.29, 0.717) is 24.0 Å². The first-order valence-corrected chi connectivity index (χ1v) is 5.55. The van der Waals surface area contributed by atoms with Crippen LogP contribution in [0.4, 0.5) is 5.69 Å². The summed E-state index contributed by atoms with van der Waals surface area (Å²) in [5.74, 6) is -1.45. The summed E-state index contributed by atoms with van der Waals surface area (Å²) in [5.41, 5.74) is 0.890. The first-order valence-electron chi connectivity index (χ1n) is 5.55. The van der Waals surface area contributed by atoms with Gasteiger partial charge in [0.15, 0.2) is 0 Å². The number of carboxylic acids is 1. The van der Waals surface area contributed by atoms with Gasteiger partial charge in [-0.2, -0.15) is 0 Å². The lowest BCUT2D eigenvalue weighted by Gasteiger charge is -2.07. The molecule has 0 amide bonds. The molecule has 0 saturated carbocycles. The summed E-state index contributed by atoms with van der Waals surface area (Å²) in [6, 6.07) is 4.49. The highest BCUT2D eigenvalue weighted by molar-refractivity contribution is 5.69. The predicted octanol–water partition coefficient (Wildman–Crippen LogP) is 1.74. The maximum absolute atomic E-state index is 10.9. The van der Waals surface area contributed by atoms with Crippen LogP contribution < -0.4 is 0 Å². The van der Waals surface area contributed by atoms with Crippen LogP contribution in [0.25, 0.3) is 0 Å². The molecule has 0 saturated heterocycles. The summed E-state index contributed by atoms with van der Waals surface area (Å²) in [4.78, 5) is 21.0. The van der Waals surface area contributed by atoms with E-state index < -0.39 is 16.8 Å². The zero-order chi connectivity index (χ0) is 13.7. The Bertz CT molecular complexity index is 458. The van der Waals surface area contributed by atoms with Gasteiger partial charge < -0.3 is 10.2 Å². The van der Waals surface area contributed by atoms with Crippen LogP contribution in [0.2, 0.25) is 0 Å². The van der Waals surface area contributed by atoms with Crippen molar-refractivity contribution in [1.29, 1.82) is 0 Å². The molecule has 1 atom stereocenters. The molecule has 1 aromatic rings. The molecule has 0 radical (unpaired) electrons. The topological polar surface area (TPSA) is 101 Å². The van der Waals surface area contributed by atoms with Gasteiger partial charge in [0.05, 0.1) is 17.4 Å². The molecule has 0 fully saturated rings. The van der Waals surface area contributed by atoms with Crippen molar-refractivity contribution < 1.29 is 19.9 Å². The average molecular weight is 253 g/mol. The molecule has 6 nitrogen and oxygen atoms in total. The van der Waals surface area contributed by atoms with Crippen LogP contribution >= 0.6 is 0 Å². The van der Waals surface area contributed by atoms with E-state index in [-0.39, 0.29) is 12.3 Å². The zero-order valence-corrected chi connectivity index (χ0v) is 10.00. The maximum atomic E-state index is 10.9. The molecule has 18 heavy (non-hydrogen) atoms. The standard InChI is InChI=1S/C12H15NO5/c1-8(12(15)16)2-4-10-5-3-9(7-14)6-11(10)13(17)18/h3,5-6,8,14H,2,4,7H2,1H3,(H,15,16). The van der Waals surface area contributed by atoms with Crippen LogP contribution in [0.5, 0.6) is 0 Å². The molecule has 0 aliphatic heterocycles. The molecule has 1 rings (SSSR count). The molecule has 98 valence electrons. The number of rotatable bonds is 6. The first kappa shape index (κ1) is 14.1. The Labute approximate surface area is 104 Å². The third-order valence-corrected chi connectivity index (χ3v) is 2.80. The summed E-state index contributed by atoms with van der Waals surface area (Å²) in [7, 11) is 0. The highest BCUT2D eigenvalue weighted by Crippen LogP contribution is 2.23. The fourth-order valence-corrected chi connectivity index (χ4v) is 1.58. The Morgan fingerprint density at radius 3 is 2.67 bits per heavy atom. The Morgan fingerprint density at radius 1 is 1.50 bits per heavy atom. The summed E-state index contributed by atoms with van der Waals surface area (Å²) in [5, 5.41) is 28.6. The molecular formula is C12H15NO5. The van der Waals surface area contributed by atoms with Crippen LogP contribution in [0.15, 0.2) is 18.2 Å². The van der Waals surface area contributed by atoms with E-state index in [9.17, 15) is 14.9 Å². The number of nitro benzene ring substituents is 1. The fourth-order valence-electron chi connectivity index (χ4n) is 1.58.